The summed E-state index contributed by atoms with van der Waals surface area (Å²) in [6, 6.07) is 12.0. The Kier molecular flexibility index (Phi) is 6.14. The lowest BCUT2D eigenvalue weighted by Gasteiger charge is -2.37. The molecule has 0 radical (unpaired) electrons. The summed E-state index contributed by atoms with van der Waals surface area (Å²) in [5.41, 5.74) is 2.70. The molecule has 1 atom stereocenters. The number of benzene rings is 1. The number of rotatable bonds is 6. The Labute approximate surface area is 171 Å². The number of aromatic nitrogens is 1. The highest BCUT2D eigenvalue weighted by molar-refractivity contribution is 5.93. The minimum atomic E-state index is -0.140. The Balaban J connectivity index is 1.33. The van der Waals surface area contributed by atoms with Gasteiger partial charge in [0.05, 0.1) is 13.2 Å². The van der Waals surface area contributed by atoms with E-state index in [9.17, 15) is 4.79 Å². The number of carbonyl (C=O) groups is 1. The molecule has 2 fully saturated rings. The number of carbonyl (C=O) groups excluding carboxylic acids is 1. The van der Waals surface area contributed by atoms with Crippen LogP contribution in [0.25, 0.3) is 0 Å². The molecule has 2 saturated heterocycles. The average molecular weight is 396 g/mol. The molecule has 1 amide bonds. The number of anilines is 2. The van der Waals surface area contributed by atoms with Gasteiger partial charge in [-0.15, -0.1) is 0 Å². The molecule has 0 saturated carbocycles. The second kappa shape index (κ2) is 9.13. The molecule has 1 N–H and O–H groups in total. The summed E-state index contributed by atoms with van der Waals surface area (Å²) >= 11 is 0. The van der Waals surface area contributed by atoms with Gasteiger partial charge in [-0.25, -0.2) is 0 Å². The number of nitrogens with zero attached hydrogens (tertiary/aromatic N) is 3. The zero-order chi connectivity index (χ0) is 20.1. The lowest BCUT2D eigenvalue weighted by atomic mass is 10.2. The second-order valence-electron chi connectivity index (χ2n) is 7.42. The molecule has 29 heavy (non-hydrogen) atoms. The molecule has 4 rings (SSSR count). The zero-order valence-corrected chi connectivity index (χ0v) is 16.8. The van der Waals surface area contributed by atoms with Crippen molar-refractivity contribution in [1.29, 1.82) is 0 Å². The number of pyridine rings is 1. The van der Waals surface area contributed by atoms with Crippen molar-refractivity contribution in [3.05, 3.63) is 48.3 Å². The van der Waals surface area contributed by atoms with E-state index in [0.717, 1.165) is 57.1 Å². The van der Waals surface area contributed by atoms with Crippen molar-refractivity contribution in [2.24, 2.45) is 0 Å². The maximum atomic E-state index is 12.5. The first-order valence-electron chi connectivity index (χ1n) is 10.2. The van der Waals surface area contributed by atoms with Crippen LogP contribution in [0.2, 0.25) is 0 Å². The molecular weight excluding hydrogens is 368 g/mol. The quantitative estimate of drug-likeness (QED) is 0.808. The number of hydrogen-bond acceptors (Lipinski definition) is 6. The van der Waals surface area contributed by atoms with E-state index in [0.29, 0.717) is 12.2 Å². The first kappa shape index (κ1) is 19.5. The van der Waals surface area contributed by atoms with Crippen molar-refractivity contribution in [2.45, 2.75) is 18.9 Å². The van der Waals surface area contributed by atoms with Crippen LogP contribution in [0.4, 0.5) is 11.4 Å². The summed E-state index contributed by atoms with van der Waals surface area (Å²) in [6.45, 7) is 4.98. The van der Waals surface area contributed by atoms with Crippen molar-refractivity contribution in [2.75, 3.05) is 56.2 Å². The molecule has 0 aliphatic carbocycles. The van der Waals surface area contributed by atoms with Gasteiger partial charge in [-0.3, -0.25) is 9.78 Å². The SMILES string of the molecule is COc1ccc(N2CCN(c3ccnc(C(=O)NCC4CCCO4)c3)CC2)cc1. The molecule has 154 valence electrons. The van der Waals surface area contributed by atoms with Crippen molar-refractivity contribution in [3.8, 4) is 5.75 Å². The Morgan fingerprint density at radius 1 is 1.14 bits per heavy atom. The van der Waals surface area contributed by atoms with Crippen LogP contribution in [0.5, 0.6) is 5.75 Å². The van der Waals surface area contributed by atoms with E-state index in [1.807, 2.05) is 24.3 Å². The third kappa shape index (κ3) is 4.79. The van der Waals surface area contributed by atoms with Crippen LogP contribution in [0.1, 0.15) is 23.3 Å². The van der Waals surface area contributed by atoms with Crippen LogP contribution in [-0.2, 0) is 4.74 Å². The van der Waals surface area contributed by atoms with Gasteiger partial charge in [-0.2, -0.15) is 0 Å². The second-order valence-corrected chi connectivity index (χ2v) is 7.42. The van der Waals surface area contributed by atoms with Crippen LogP contribution in [-0.4, -0.2) is 63.4 Å². The predicted molar refractivity (Wildman–Crippen MR) is 113 cm³/mol. The number of ether oxygens (including phenoxy) is 2. The van der Waals surface area contributed by atoms with Gasteiger partial charge >= 0.3 is 0 Å². The van der Waals surface area contributed by atoms with E-state index >= 15 is 0 Å². The fourth-order valence-corrected chi connectivity index (χ4v) is 3.86. The third-order valence-corrected chi connectivity index (χ3v) is 5.57. The lowest BCUT2D eigenvalue weighted by molar-refractivity contribution is 0.0853. The van der Waals surface area contributed by atoms with Crippen LogP contribution >= 0.6 is 0 Å². The highest BCUT2D eigenvalue weighted by Crippen LogP contribution is 2.23. The first-order chi connectivity index (χ1) is 14.2. The molecule has 1 unspecified atom stereocenters. The lowest BCUT2D eigenvalue weighted by Crippen LogP contribution is -2.46. The summed E-state index contributed by atoms with van der Waals surface area (Å²) < 4.78 is 10.8. The van der Waals surface area contributed by atoms with Crippen molar-refractivity contribution < 1.29 is 14.3 Å². The Bertz CT molecular complexity index is 813. The number of amides is 1. The van der Waals surface area contributed by atoms with Gasteiger partial charge in [0.1, 0.15) is 11.4 Å². The third-order valence-electron chi connectivity index (χ3n) is 5.57. The minimum absolute atomic E-state index is 0.133. The molecule has 7 heteroatoms. The average Bonchev–Trinajstić information content (AvgIpc) is 3.31. The zero-order valence-electron chi connectivity index (χ0n) is 16.8. The first-order valence-corrected chi connectivity index (χ1v) is 10.2. The van der Waals surface area contributed by atoms with Crippen LogP contribution < -0.4 is 19.9 Å². The summed E-state index contributed by atoms with van der Waals surface area (Å²) in [4.78, 5) is 21.4. The standard InChI is InChI=1S/C22H28N4O3/c1-28-19-6-4-17(5-7-19)25-10-12-26(13-11-25)18-8-9-23-21(15-18)22(27)24-16-20-3-2-14-29-20/h4-9,15,20H,2-3,10-14,16H2,1H3,(H,24,27). The molecule has 0 bridgehead atoms. The normalized spacial score (nSPS) is 19.3. The largest absolute Gasteiger partial charge is 0.497 e. The van der Waals surface area contributed by atoms with E-state index in [1.165, 1.54) is 5.69 Å². The molecule has 1 aromatic heterocycles. The predicted octanol–water partition coefficient (Wildman–Crippen LogP) is 2.33. The van der Waals surface area contributed by atoms with Crippen LogP contribution in [0, 0.1) is 0 Å². The Morgan fingerprint density at radius 3 is 2.52 bits per heavy atom. The number of nitrogens with one attached hydrogen (secondary N) is 1. The van der Waals surface area contributed by atoms with E-state index in [-0.39, 0.29) is 12.0 Å². The Morgan fingerprint density at radius 2 is 1.86 bits per heavy atom. The topological polar surface area (TPSA) is 66.9 Å². The summed E-state index contributed by atoms with van der Waals surface area (Å²) in [5.74, 6) is 0.730. The molecular formula is C22H28N4O3. The van der Waals surface area contributed by atoms with E-state index in [4.69, 9.17) is 9.47 Å². The van der Waals surface area contributed by atoms with Gasteiger partial charge in [-0.1, -0.05) is 0 Å². The molecule has 2 aliphatic heterocycles. The van der Waals surface area contributed by atoms with Gasteiger partial charge in [0, 0.05) is 56.9 Å². The van der Waals surface area contributed by atoms with Gasteiger partial charge in [0.25, 0.3) is 5.91 Å². The van der Waals surface area contributed by atoms with Crippen molar-refractivity contribution >= 4 is 17.3 Å². The van der Waals surface area contributed by atoms with Gasteiger partial charge in [0.15, 0.2) is 0 Å². The fourth-order valence-electron chi connectivity index (χ4n) is 3.86. The van der Waals surface area contributed by atoms with Crippen LogP contribution in [0.3, 0.4) is 0 Å². The number of hydrogen-bond donors (Lipinski definition) is 1. The fraction of sp³-hybridized carbons (Fsp3) is 0.455. The highest BCUT2D eigenvalue weighted by atomic mass is 16.5. The molecule has 2 aliphatic rings. The van der Waals surface area contributed by atoms with Crippen molar-refractivity contribution in [3.63, 3.8) is 0 Å². The molecule has 2 aromatic rings. The number of methoxy groups -OCH3 is 1. The maximum Gasteiger partial charge on any atom is 0.270 e. The smallest absolute Gasteiger partial charge is 0.270 e. The maximum absolute atomic E-state index is 12.5. The molecule has 0 spiro atoms. The van der Waals surface area contributed by atoms with E-state index in [1.54, 1.807) is 13.3 Å². The Hall–Kier alpha value is -2.80. The van der Waals surface area contributed by atoms with E-state index in [2.05, 4.69) is 32.2 Å². The molecule has 3 heterocycles. The monoisotopic (exact) mass is 396 g/mol. The highest BCUT2D eigenvalue weighted by Gasteiger charge is 2.20. The molecule has 7 nitrogen and oxygen atoms in total. The summed E-state index contributed by atoms with van der Waals surface area (Å²) in [5, 5.41) is 2.95. The van der Waals surface area contributed by atoms with E-state index < -0.39 is 0 Å². The summed E-state index contributed by atoms with van der Waals surface area (Å²) in [6.07, 6.45) is 3.92. The molecule has 1 aromatic carbocycles. The van der Waals surface area contributed by atoms with Gasteiger partial charge in [-0.05, 0) is 49.2 Å². The van der Waals surface area contributed by atoms with Gasteiger partial charge in [0.2, 0.25) is 0 Å². The van der Waals surface area contributed by atoms with Crippen molar-refractivity contribution in [1.82, 2.24) is 10.3 Å². The van der Waals surface area contributed by atoms with Crippen LogP contribution in [0.15, 0.2) is 42.6 Å². The summed E-state index contributed by atoms with van der Waals surface area (Å²) in [7, 11) is 1.68. The van der Waals surface area contributed by atoms with Gasteiger partial charge < -0.3 is 24.6 Å². The number of piperazine rings is 1. The minimum Gasteiger partial charge on any atom is -0.497 e.